The molecule has 0 spiro atoms. The van der Waals surface area contributed by atoms with Crippen LogP contribution in [0.5, 0.6) is 5.75 Å². The van der Waals surface area contributed by atoms with Crippen LogP contribution in [-0.2, 0) is 13.5 Å². The Kier molecular flexibility index (Phi) is 4.21. The van der Waals surface area contributed by atoms with E-state index in [1.165, 1.54) is 16.8 Å². The van der Waals surface area contributed by atoms with Crippen molar-refractivity contribution in [2.24, 2.45) is 7.05 Å². The highest BCUT2D eigenvalue weighted by molar-refractivity contribution is 5.37. The molecule has 1 N–H and O–H groups in total. The Morgan fingerprint density at radius 2 is 2.14 bits per heavy atom. The molecule has 1 aliphatic rings. The van der Waals surface area contributed by atoms with Crippen molar-refractivity contribution >= 4 is 0 Å². The molecule has 1 aliphatic heterocycles. The Balaban J connectivity index is 1.65. The van der Waals surface area contributed by atoms with Gasteiger partial charge in [-0.05, 0) is 31.9 Å². The van der Waals surface area contributed by atoms with Gasteiger partial charge in [0.05, 0.1) is 5.69 Å². The van der Waals surface area contributed by atoms with Gasteiger partial charge in [-0.1, -0.05) is 25.1 Å². The van der Waals surface area contributed by atoms with Gasteiger partial charge in [0.1, 0.15) is 11.9 Å². The Labute approximate surface area is 132 Å². The Bertz CT molecular complexity index is 637. The average molecular weight is 299 g/mol. The Hall–Kier alpha value is -1.81. The average Bonchev–Trinajstić information content (AvgIpc) is 3.03. The molecule has 2 heterocycles. The summed E-state index contributed by atoms with van der Waals surface area (Å²) in [6, 6.07) is 8.66. The van der Waals surface area contributed by atoms with Crippen molar-refractivity contribution in [2.45, 2.75) is 45.8 Å². The monoisotopic (exact) mass is 299 g/mol. The summed E-state index contributed by atoms with van der Waals surface area (Å²) in [6.07, 6.45) is 2.27. The molecule has 2 atom stereocenters. The number of aromatic nitrogens is 2. The van der Waals surface area contributed by atoms with Crippen LogP contribution >= 0.6 is 0 Å². The number of nitrogens with zero attached hydrogens (tertiary/aromatic N) is 2. The fourth-order valence-electron chi connectivity index (χ4n) is 3.39. The zero-order valence-electron chi connectivity index (χ0n) is 13.9. The van der Waals surface area contributed by atoms with E-state index in [4.69, 9.17) is 4.74 Å². The maximum Gasteiger partial charge on any atom is 0.123 e. The molecule has 0 saturated carbocycles. The molecule has 0 saturated heterocycles. The van der Waals surface area contributed by atoms with E-state index >= 15 is 0 Å². The van der Waals surface area contributed by atoms with Crippen LogP contribution in [0.2, 0.25) is 0 Å². The molecular weight excluding hydrogens is 274 g/mol. The van der Waals surface area contributed by atoms with Crippen LogP contribution in [-0.4, -0.2) is 22.4 Å². The molecular formula is C18H25N3O. The first-order chi connectivity index (χ1) is 10.6. The van der Waals surface area contributed by atoms with Gasteiger partial charge >= 0.3 is 0 Å². The van der Waals surface area contributed by atoms with Crippen LogP contribution in [0.3, 0.4) is 0 Å². The van der Waals surface area contributed by atoms with Crippen LogP contribution in [0, 0.1) is 13.8 Å². The largest absolute Gasteiger partial charge is 0.488 e. The number of fused-ring (bicyclic) bond motifs is 1. The summed E-state index contributed by atoms with van der Waals surface area (Å²) in [5.41, 5.74) is 5.01. The van der Waals surface area contributed by atoms with Gasteiger partial charge in [0.2, 0.25) is 0 Å². The highest BCUT2D eigenvalue weighted by Crippen LogP contribution is 2.29. The third-order valence-electron chi connectivity index (χ3n) is 4.63. The fourth-order valence-corrected chi connectivity index (χ4v) is 3.39. The van der Waals surface area contributed by atoms with E-state index < -0.39 is 0 Å². The third-order valence-corrected chi connectivity index (χ3v) is 4.63. The van der Waals surface area contributed by atoms with E-state index in [1.807, 2.05) is 17.8 Å². The second kappa shape index (κ2) is 6.13. The van der Waals surface area contributed by atoms with Gasteiger partial charge in [-0.2, -0.15) is 5.10 Å². The molecule has 4 heteroatoms. The van der Waals surface area contributed by atoms with Crippen LogP contribution in [0.1, 0.15) is 41.9 Å². The molecule has 118 valence electrons. The van der Waals surface area contributed by atoms with Gasteiger partial charge < -0.3 is 10.1 Å². The number of ether oxygens (including phenoxy) is 1. The lowest BCUT2D eigenvalue weighted by atomic mass is 10.0. The van der Waals surface area contributed by atoms with Gasteiger partial charge in [-0.3, -0.25) is 4.68 Å². The summed E-state index contributed by atoms with van der Waals surface area (Å²) >= 11 is 0. The lowest BCUT2D eigenvalue weighted by Gasteiger charge is -2.20. The third kappa shape index (κ3) is 2.75. The van der Waals surface area contributed by atoms with Crippen LogP contribution in [0.25, 0.3) is 0 Å². The maximum atomic E-state index is 6.02. The van der Waals surface area contributed by atoms with E-state index in [0.29, 0.717) is 6.04 Å². The normalized spacial score (nSPS) is 18.1. The minimum Gasteiger partial charge on any atom is -0.488 e. The first kappa shape index (κ1) is 15.1. The molecule has 0 amide bonds. The van der Waals surface area contributed by atoms with Crippen molar-refractivity contribution in [3.05, 3.63) is 46.8 Å². The summed E-state index contributed by atoms with van der Waals surface area (Å²) in [5, 5.41) is 8.22. The SMILES string of the molecule is CC[C@@H](NC[C@@H]1Cc2ccccc2O1)c1c(C)nn(C)c1C. The van der Waals surface area contributed by atoms with Crippen molar-refractivity contribution in [2.75, 3.05) is 6.54 Å². The maximum absolute atomic E-state index is 6.02. The molecule has 4 nitrogen and oxygen atoms in total. The highest BCUT2D eigenvalue weighted by atomic mass is 16.5. The highest BCUT2D eigenvalue weighted by Gasteiger charge is 2.24. The minimum atomic E-state index is 0.226. The number of hydrogen-bond acceptors (Lipinski definition) is 3. The van der Waals surface area contributed by atoms with Gasteiger partial charge in [-0.15, -0.1) is 0 Å². The van der Waals surface area contributed by atoms with E-state index in [0.717, 1.165) is 30.8 Å². The van der Waals surface area contributed by atoms with Crippen LogP contribution < -0.4 is 10.1 Å². The number of nitrogens with one attached hydrogen (secondary N) is 1. The summed E-state index contributed by atoms with van der Waals surface area (Å²) in [6.45, 7) is 7.31. The van der Waals surface area contributed by atoms with E-state index in [1.54, 1.807) is 0 Å². The predicted molar refractivity (Wildman–Crippen MR) is 88.3 cm³/mol. The molecule has 0 unspecified atom stereocenters. The lowest BCUT2D eigenvalue weighted by molar-refractivity contribution is 0.220. The molecule has 22 heavy (non-hydrogen) atoms. The van der Waals surface area contributed by atoms with Crippen molar-refractivity contribution in [3.63, 3.8) is 0 Å². The molecule has 1 aromatic heterocycles. The smallest absolute Gasteiger partial charge is 0.123 e. The molecule has 3 rings (SSSR count). The second-order valence-electron chi connectivity index (χ2n) is 6.13. The molecule has 0 radical (unpaired) electrons. The van der Waals surface area contributed by atoms with Crippen molar-refractivity contribution in [3.8, 4) is 5.75 Å². The topological polar surface area (TPSA) is 39.1 Å². The standard InChI is InChI=1S/C18H25N3O/c1-5-16(18-12(2)20-21(4)13(18)3)19-11-15-10-14-8-6-7-9-17(14)22-15/h6-9,15-16,19H,5,10-11H2,1-4H3/t15-,16+/m0/s1. The number of aryl methyl sites for hydroxylation is 2. The van der Waals surface area contributed by atoms with Gasteiger partial charge in [0.15, 0.2) is 0 Å². The first-order valence-electron chi connectivity index (χ1n) is 8.08. The summed E-state index contributed by atoms with van der Waals surface area (Å²) in [4.78, 5) is 0. The lowest BCUT2D eigenvalue weighted by Crippen LogP contribution is -2.33. The zero-order chi connectivity index (χ0) is 15.7. The van der Waals surface area contributed by atoms with Crippen LogP contribution in [0.4, 0.5) is 0 Å². The van der Waals surface area contributed by atoms with Gasteiger partial charge in [0, 0.05) is 37.3 Å². The van der Waals surface area contributed by atoms with Gasteiger partial charge in [-0.25, -0.2) is 0 Å². The van der Waals surface area contributed by atoms with E-state index in [9.17, 15) is 0 Å². The second-order valence-corrected chi connectivity index (χ2v) is 6.13. The van der Waals surface area contributed by atoms with Crippen molar-refractivity contribution < 1.29 is 4.74 Å². The Morgan fingerprint density at radius 1 is 1.36 bits per heavy atom. The zero-order valence-corrected chi connectivity index (χ0v) is 13.9. The number of para-hydroxylation sites is 1. The van der Waals surface area contributed by atoms with Crippen molar-refractivity contribution in [1.82, 2.24) is 15.1 Å². The number of benzene rings is 1. The van der Waals surface area contributed by atoms with Gasteiger partial charge in [0.25, 0.3) is 0 Å². The van der Waals surface area contributed by atoms with E-state index in [-0.39, 0.29) is 6.10 Å². The summed E-state index contributed by atoms with van der Waals surface area (Å²) in [7, 11) is 2.01. The van der Waals surface area contributed by atoms with Crippen LogP contribution in [0.15, 0.2) is 24.3 Å². The molecule has 2 aromatic rings. The molecule has 1 aromatic carbocycles. The molecule has 0 bridgehead atoms. The number of rotatable bonds is 5. The quantitative estimate of drug-likeness (QED) is 0.922. The van der Waals surface area contributed by atoms with E-state index in [2.05, 4.69) is 49.4 Å². The fraction of sp³-hybridized carbons (Fsp3) is 0.500. The molecule has 0 fully saturated rings. The number of hydrogen-bond donors (Lipinski definition) is 1. The predicted octanol–water partition coefficient (Wildman–Crippen LogP) is 3.08. The van der Waals surface area contributed by atoms with Crippen molar-refractivity contribution in [1.29, 1.82) is 0 Å². The summed E-state index contributed by atoms with van der Waals surface area (Å²) in [5.74, 6) is 1.04. The first-order valence-corrected chi connectivity index (χ1v) is 8.08. The minimum absolute atomic E-state index is 0.226. The summed E-state index contributed by atoms with van der Waals surface area (Å²) < 4.78 is 7.99. The molecule has 0 aliphatic carbocycles. The Morgan fingerprint density at radius 3 is 2.77 bits per heavy atom.